The Balaban J connectivity index is 2.77. The maximum Gasteiger partial charge on any atom is 0.222 e. The van der Waals surface area contributed by atoms with Crippen LogP contribution in [-0.4, -0.2) is 10.9 Å². The number of pyridine rings is 1. The smallest absolute Gasteiger partial charge is 0.190 e. The Kier molecular flexibility index (Phi) is 3.83. The van der Waals surface area contributed by atoms with Crippen molar-refractivity contribution in [3.63, 3.8) is 0 Å². The van der Waals surface area contributed by atoms with Gasteiger partial charge in [-0.1, -0.05) is 12.2 Å². The van der Waals surface area contributed by atoms with Gasteiger partial charge in [0.05, 0.1) is 0 Å². The van der Waals surface area contributed by atoms with Crippen LogP contribution in [0.1, 0.15) is 12.0 Å². The van der Waals surface area contributed by atoms with Gasteiger partial charge in [0.1, 0.15) is 0 Å². The molecule has 0 spiro atoms. The summed E-state index contributed by atoms with van der Waals surface area (Å²) in [6.45, 7) is 0. The number of hydrogen-bond acceptors (Lipinski definition) is 1. The predicted molar refractivity (Wildman–Crippen MR) is 48.5 cm³/mol. The molecule has 0 N–H and O–H groups in total. The number of allylic oxidation sites excluding steroid dienone is 1. The minimum absolute atomic E-state index is 0.270. The molecule has 0 bridgehead atoms. The number of halogens is 3. The molecule has 0 aliphatic carbocycles. The van der Waals surface area contributed by atoms with E-state index in [9.17, 15) is 8.78 Å². The van der Waals surface area contributed by atoms with Gasteiger partial charge in [0.2, 0.25) is 11.9 Å². The topological polar surface area (TPSA) is 12.9 Å². The summed E-state index contributed by atoms with van der Waals surface area (Å²) in [6.07, 6.45) is 3.90. The highest BCUT2D eigenvalue weighted by molar-refractivity contribution is 6.17. The van der Waals surface area contributed by atoms with Gasteiger partial charge in [-0.25, -0.2) is 0 Å². The van der Waals surface area contributed by atoms with Crippen LogP contribution < -0.4 is 0 Å². The molecular weight excluding hydrogens is 196 g/mol. The molecule has 0 aliphatic heterocycles. The summed E-state index contributed by atoms with van der Waals surface area (Å²) in [5, 5.41) is 0. The van der Waals surface area contributed by atoms with Gasteiger partial charge in [-0.2, -0.15) is 13.8 Å². The lowest BCUT2D eigenvalue weighted by molar-refractivity contribution is 0.511. The molecule has 1 rings (SSSR count). The van der Waals surface area contributed by atoms with Crippen LogP contribution in [0, 0.1) is 11.9 Å². The van der Waals surface area contributed by atoms with E-state index in [-0.39, 0.29) is 5.56 Å². The normalized spacial score (nSPS) is 11.0. The molecular formula is C9H8ClF2N. The van der Waals surface area contributed by atoms with Gasteiger partial charge in [-0.15, -0.1) is 11.6 Å². The third-order valence-corrected chi connectivity index (χ3v) is 1.63. The van der Waals surface area contributed by atoms with E-state index in [1.807, 2.05) is 0 Å². The monoisotopic (exact) mass is 203 g/mol. The standard InChI is InChI=1S/C9H8ClF2N/c10-6-2-1-3-7-4-5-8(11)13-9(7)12/h1,3-5H,2,6H2. The summed E-state index contributed by atoms with van der Waals surface area (Å²) in [4.78, 5) is 3.03. The van der Waals surface area contributed by atoms with E-state index in [1.54, 1.807) is 6.08 Å². The molecule has 1 aromatic rings. The van der Waals surface area contributed by atoms with Crippen molar-refractivity contribution >= 4 is 17.7 Å². The average Bonchev–Trinajstić information content (AvgIpc) is 2.09. The van der Waals surface area contributed by atoms with E-state index in [1.165, 1.54) is 12.1 Å². The number of alkyl halides is 1. The van der Waals surface area contributed by atoms with E-state index in [4.69, 9.17) is 11.6 Å². The van der Waals surface area contributed by atoms with Gasteiger partial charge in [0.15, 0.2) is 0 Å². The number of hydrogen-bond donors (Lipinski definition) is 0. The molecule has 1 heterocycles. The minimum Gasteiger partial charge on any atom is -0.190 e. The minimum atomic E-state index is -0.813. The van der Waals surface area contributed by atoms with Crippen molar-refractivity contribution in [1.82, 2.24) is 4.98 Å². The predicted octanol–water partition coefficient (Wildman–Crippen LogP) is 3.00. The maximum atomic E-state index is 12.8. The second-order valence-corrected chi connectivity index (χ2v) is 2.77. The lowest BCUT2D eigenvalue weighted by Crippen LogP contribution is -1.90. The van der Waals surface area contributed by atoms with E-state index < -0.39 is 11.9 Å². The Bertz CT molecular complexity index is 312. The summed E-state index contributed by atoms with van der Waals surface area (Å²) in [5.41, 5.74) is 0.270. The summed E-state index contributed by atoms with van der Waals surface area (Å²) in [6, 6.07) is 2.45. The van der Waals surface area contributed by atoms with Crippen molar-refractivity contribution in [3.8, 4) is 0 Å². The molecule has 0 aliphatic rings. The van der Waals surface area contributed by atoms with Gasteiger partial charge in [0.25, 0.3) is 0 Å². The summed E-state index contributed by atoms with van der Waals surface area (Å²) < 4.78 is 25.2. The Labute approximate surface area is 80.1 Å². The lowest BCUT2D eigenvalue weighted by atomic mass is 10.2. The van der Waals surface area contributed by atoms with E-state index in [0.29, 0.717) is 12.3 Å². The average molecular weight is 204 g/mol. The first-order chi connectivity index (χ1) is 6.24. The molecule has 70 valence electrons. The third-order valence-electron chi connectivity index (χ3n) is 1.42. The second kappa shape index (κ2) is 4.92. The molecule has 1 nitrogen and oxygen atoms in total. The Morgan fingerprint density at radius 2 is 2.15 bits per heavy atom. The Morgan fingerprint density at radius 3 is 2.77 bits per heavy atom. The van der Waals surface area contributed by atoms with Crippen molar-refractivity contribution in [2.24, 2.45) is 0 Å². The quantitative estimate of drug-likeness (QED) is 0.544. The fourth-order valence-electron chi connectivity index (χ4n) is 0.821. The number of aromatic nitrogens is 1. The molecule has 0 atom stereocenters. The fraction of sp³-hybridized carbons (Fsp3) is 0.222. The zero-order chi connectivity index (χ0) is 9.68. The first-order valence-corrected chi connectivity index (χ1v) is 4.32. The van der Waals surface area contributed by atoms with Crippen molar-refractivity contribution in [3.05, 3.63) is 35.7 Å². The molecule has 0 radical (unpaired) electrons. The molecule has 0 unspecified atom stereocenters. The van der Waals surface area contributed by atoms with Gasteiger partial charge < -0.3 is 0 Å². The van der Waals surface area contributed by atoms with Crippen LogP contribution in [0.5, 0.6) is 0 Å². The van der Waals surface area contributed by atoms with Crippen LogP contribution in [0.25, 0.3) is 6.08 Å². The molecule has 1 aromatic heterocycles. The number of rotatable bonds is 3. The van der Waals surface area contributed by atoms with Crippen molar-refractivity contribution in [2.45, 2.75) is 6.42 Å². The highest BCUT2D eigenvalue weighted by atomic mass is 35.5. The Hall–Kier alpha value is -0.960. The van der Waals surface area contributed by atoms with Crippen molar-refractivity contribution in [1.29, 1.82) is 0 Å². The third kappa shape index (κ3) is 3.11. The second-order valence-electron chi connectivity index (χ2n) is 2.39. The van der Waals surface area contributed by atoms with Gasteiger partial charge in [-0.3, -0.25) is 0 Å². The van der Waals surface area contributed by atoms with Crippen molar-refractivity contribution < 1.29 is 8.78 Å². The fourth-order valence-corrected chi connectivity index (χ4v) is 0.947. The molecule has 4 heteroatoms. The molecule has 0 fully saturated rings. The first kappa shape index (κ1) is 10.1. The number of nitrogens with zero attached hydrogens (tertiary/aromatic N) is 1. The zero-order valence-corrected chi connectivity index (χ0v) is 7.56. The zero-order valence-electron chi connectivity index (χ0n) is 6.80. The molecule has 0 amide bonds. The van der Waals surface area contributed by atoms with Crippen molar-refractivity contribution in [2.75, 3.05) is 5.88 Å². The highest BCUT2D eigenvalue weighted by Gasteiger charge is 2.00. The van der Waals surface area contributed by atoms with E-state index >= 15 is 0 Å². The van der Waals surface area contributed by atoms with Crippen LogP contribution in [-0.2, 0) is 0 Å². The Morgan fingerprint density at radius 1 is 1.38 bits per heavy atom. The molecule has 13 heavy (non-hydrogen) atoms. The van der Waals surface area contributed by atoms with Crippen LogP contribution in [0.4, 0.5) is 8.78 Å². The van der Waals surface area contributed by atoms with Crippen LogP contribution in [0.2, 0.25) is 0 Å². The van der Waals surface area contributed by atoms with Gasteiger partial charge in [0, 0.05) is 11.4 Å². The lowest BCUT2D eigenvalue weighted by Gasteiger charge is -1.94. The first-order valence-electron chi connectivity index (χ1n) is 3.78. The van der Waals surface area contributed by atoms with Crippen LogP contribution >= 0.6 is 11.6 Å². The van der Waals surface area contributed by atoms with Gasteiger partial charge >= 0.3 is 0 Å². The molecule has 0 saturated carbocycles. The summed E-state index contributed by atoms with van der Waals surface area (Å²) >= 11 is 5.41. The van der Waals surface area contributed by atoms with Crippen LogP contribution in [0.15, 0.2) is 18.2 Å². The summed E-state index contributed by atoms with van der Waals surface area (Å²) in [7, 11) is 0. The van der Waals surface area contributed by atoms with Crippen LogP contribution in [0.3, 0.4) is 0 Å². The SMILES string of the molecule is Fc1ccc(C=CCCCl)c(F)n1. The van der Waals surface area contributed by atoms with E-state index in [2.05, 4.69) is 4.98 Å². The summed E-state index contributed by atoms with van der Waals surface area (Å²) in [5.74, 6) is -1.13. The molecule has 0 saturated heterocycles. The molecule has 0 aromatic carbocycles. The van der Waals surface area contributed by atoms with E-state index in [0.717, 1.165) is 6.07 Å². The highest BCUT2D eigenvalue weighted by Crippen LogP contribution is 2.08. The maximum absolute atomic E-state index is 12.8. The van der Waals surface area contributed by atoms with Gasteiger partial charge in [-0.05, 0) is 18.6 Å². The largest absolute Gasteiger partial charge is 0.222 e.